The molecular weight excluding hydrogens is 330 g/mol. The standard InChI is InChI=1S/C19H31N5O2/c1-19(2,3)26-18(25)24-9-5-4-6-17(24)23-12-10-22(11-13-23)15-7-8-16(20)21-14-15/h7-8,14,17H,4-6,9-13H2,1-3H3,(H2,20,21). The Hall–Kier alpha value is -2.02. The first-order valence-electron chi connectivity index (χ1n) is 9.54. The second-order valence-corrected chi connectivity index (χ2v) is 8.11. The maximum atomic E-state index is 12.6. The highest BCUT2D eigenvalue weighted by Crippen LogP contribution is 2.25. The fourth-order valence-corrected chi connectivity index (χ4v) is 3.69. The van der Waals surface area contributed by atoms with Crippen LogP contribution in [0.4, 0.5) is 16.3 Å². The van der Waals surface area contributed by atoms with Crippen molar-refractivity contribution in [3.63, 3.8) is 0 Å². The summed E-state index contributed by atoms with van der Waals surface area (Å²) < 4.78 is 5.63. The average Bonchev–Trinajstić information content (AvgIpc) is 2.61. The summed E-state index contributed by atoms with van der Waals surface area (Å²) in [5, 5.41) is 0. The third-order valence-electron chi connectivity index (χ3n) is 4.97. The molecule has 7 nitrogen and oxygen atoms in total. The Bertz CT molecular complexity index is 605. The number of amides is 1. The smallest absolute Gasteiger partial charge is 0.411 e. The number of piperidine rings is 1. The molecule has 1 amide bonds. The number of nitrogen functional groups attached to an aromatic ring is 1. The van der Waals surface area contributed by atoms with Crippen LogP contribution >= 0.6 is 0 Å². The van der Waals surface area contributed by atoms with Crippen LogP contribution < -0.4 is 10.6 Å². The van der Waals surface area contributed by atoms with E-state index in [1.165, 1.54) is 0 Å². The van der Waals surface area contributed by atoms with Gasteiger partial charge in [-0.1, -0.05) is 0 Å². The van der Waals surface area contributed by atoms with E-state index in [1.54, 1.807) is 0 Å². The van der Waals surface area contributed by atoms with Crippen LogP contribution in [0, 0.1) is 0 Å². The average molecular weight is 361 g/mol. The first kappa shape index (κ1) is 18.8. The lowest BCUT2D eigenvalue weighted by Gasteiger charge is -2.46. The molecule has 2 N–H and O–H groups in total. The van der Waals surface area contributed by atoms with E-state index in [1.807, 2.05) is 44.0 Å². The van der Waals surface area contributed by atoms with Crippen molar-refractivity contribution in [3.05, 3.63) is 18.3 Å². The molecule has 0 saturated carbocycles. The number of hydrogen-bond donors (Lipinski definition) is 1. The Morgan fingerprint density at radius 1 is 1.15 bits per heavy atom. The Balaban J connectivity index is 1.61. The number of aromatic nitrogens is 1. The quantitative estimate of drug-likeness (QED) is 0.872. The van der Waals surface area contributed by atoms with E-state index in [9.17, 15) is 4.79 Å². The molecule has 7 heteroatoms. The van der Waals surface area contributed by atoms with Crippen LogP contribution in [-0.4, -0.2) is 65.4 Å². The summed E-state index contributed by atoms with van der Waals surface area (Å²) in [5.41, 5.74) is 6.32. The van der Waals surface area contributed by atoms with Gasteiger partial charge in [-0.25, -0.2) is 9.78 Å². The fourth-order valence-electron chi connectivity index (χ4n) is 3.69. The summed E-state index contributed by atoms with van der Waals surface area (Å²) >= 11 is 0. The molecule has 1 aromatic rings. The fraction of sp³-hybridized carbons (Fsp3) is 0.684. The van der Waals surface area contributed by atoms with Gasteiger partial charge in [-0.2, -0.15) is 0 Å². The summed E-state index contributed by atoms with van der Waals surface area (Å²) in [7, 11) is 0. The molecule has 1 atom stereocenters. The second-order valence-electron chi connectivity index (χ2n) is 8.11. The molecule has 2 aliphatic heterocycles. The molecule has 2 aliphatic rings. The Labute approximate surface area is 156 Å². The number of carbonyl (C=O) groups is 1. The van der Waals surface area contributed by atoms with E-state index >= 15 is 0 Å². The molecule has 3 rings (SSSR count). The third kappa shape index (κ3) is 4.58. The van der Waals surface area contributed by atoms with Crippen LogP contribution in [0.2, 0.25) is 0 Å². The van der Waals surface area contributed by atoms with Gasteiger partial charge in [-0.05, 0) is 52.2 Å². The number of carbonyl (C=O) groups excluding carboxylic acids is 1. The number of ether oxygens (including phenoxy) is 1. The van der Waals surface area contributed by atoms with Crippen molar-refractivity contribution in [2.24, 2.45) is 0 Å². The minimum atomic E-state index is -0.458. The second kappa shape index (κ2) is 7.70. The zero-order valence-corrected chi connectivity index (χ0v) is 16.1. The molecular formula is C19H31N5O2. The number of anilines is 2. The Kier molecular flexibility index (Phi) is 5.55. The molecule has 144 valence electrons. The van der Waals surface area contributed by atoms with Crippen molar-refractivity contribution in [2.45, 2.75) is 51.8 Å². The zero-order chi connectivity index (χ0) is 18.7. The predicted molar refractivity (Wildman–Crippen MR) is 103 cm³/mol. The minimum absolute atomic E-state index is 0.144. The van der Waals surface area contributed by atoms with Crippen molar-refractivity contribution in [3.8, 4) is 0 Å². The van der Waals surface area contributed by atoms with Gasteiger partial charge in [0.2, 0.25) is 0 Å². The van der Waals surface area contributed by atoms with Gasteiger partial charge in [-0.3, -0.25) is 9.80 Å². The Morgan fingerprint density at radius 3 is 2.50 bits per heavy atom. The lowest BCUT2D eigenvalue weighted by atomic mass is 10.1. The van der Waals surface area contributed by atoms with E-state index in [-0.39, 0.29) is 12.3 Å². The molecule has 2 saturated heterocycles. The van der Waals surface area contributed by atoms with Crippen molar-refractivity contribution in [1.29, 1.82) is 0 Å². The molecule has 3 heterocycles. The largest absolute Gasteiger partial charge is 0.444 e. The van der Waals surface area contributed by atoms with Gasteiger partial charge >= 0.3 is 6.09 Å². The van der Waals surface area contributed by atoms with Gasteiger partial charge in [0.25, 0.3) is 0 Å². The first-order chi connectivity index (χ1) is 12.3. The number of piperazine rings is 1. The van der Waals surface area contributed by atoms with Crippen molar-refractivity contribution < 1.29 is 9.53 Å². The number of rotatable bonds is 2. The molecule has 26 heavy (non-hydrogen) atoms. The summed E-state index contributed by atoms with van der Waals surface area (Å²) in [4.78, 5) is 23.5. The molecule has 0 spiro atoms. The SMILES string of the molecule is CC(C)(C)OC(=O)N1CCCCC1N1CCN(c2ccc(N)nc2)CC1. The van der Waals surface area contributed by atoms with Gasteiger partial charge in [0, 0.05) is 32.7 Å². The van der Waals surface area contributed by atoms with Gasteiger partial charge in [0.15, 0.2) is 0 Å². The summed E-state index contributed by atoms with van der Waals surface area (Å²) in [6.07, 6.45) is 5.01. The lowest BCUT2D eigenvalue weighted by Crippen LogP contribution is -2.59. The maximum Gasteiger partial charge on any atom is 0.411 e. The normalized spacial score (nSPS) is 22.3. The zero-order valence-electron chi connectivity index (χ0n) is 16.1. The highest BCUT2D eigenvalue weighted by Gasteiger charge is 2.35. The van der Waals surface area contributed by atoms with Crippen LogP contribution in [0.15, 0.2) is 18.3 Å². The summed E-state index contributed by atoms with van der Waals surface area (Å²) in [6, 6.07) is 3.86. The van der Waals surface area contributed by atoms with Crippen LogP contribution in [0.25, 0.3) is 0 Å². The van der Waals surface area contributed by atoms with Crippen LogP contribution in [0.1, 0.15) is 40.0 Å². The van der Waals surface area contributed by atoms with Crippen molar-refractivity contribution >= 4 is 17.6 Å². The Morgan fingerprint density at radius 2 is 1.88 bits per heavy atom. The molecule has 1 aromatic heterocycles. The van der Waals surface area contributed by atoms with Crippen LogP contribution in [-0.2, 0) is 4.74 Å². The first-order valence-corrected chi connectivity index (χ1v) is 9.54. The highest BCUT2D eigenvalue weighted by molar-refractivity contribution is 5.68. The molecule has 0 aromatic carbocycles. The lowest BCUT2D eigenvalue weighted by molar-refractivity contribution is -0.0261. The van der Waals surface area contributed by atoms with Gasteiger partial charge in [-0.15, -0.1) is 0 Å². The van der Waals surface area contributed by atoms with E-state index < -0.39 is 5.60 Å². The predicted octanol–water partition coefficient (Wildman–Crippen LogP) is 2.53. The number of nitrogens with two attached hydrogens (primary N) is 1. The monoisotopic (exact) mass is 361 g/mol. The van der Waals surface area contributed by atoms with E-state index in [0.29, 0.717) is 5.82 Å². The molecule has 0 aliphatic carbocycles. The van der Waals surface area contributed by atoms with E-state index in [0.717, 1.165) is 57.7 Å². The summed E-state index contributed by atoms with van der Waals surface area (Å²) in [6.45, 7) is 10.2. The van der Waals surface area contributed by atoms with Crippen molar-refractivity contribution in [1.82, 2.24) is 14.8 Å². The topological polar surface area (TPSA) is 74.9 Å². The van der Waals surface area contributed by atoms with Gasteiger partial charge < -0.3 is 15.4 Å². The van der Waals surface area contributed by atoms with Crippen molar-refractivity contribution in [2.75, 3.05) is 43.4 Å². The van der Waals surface area contributed by atoms with E-state index in [4.69, 9.17) is 10.5 Å². The number of likely N-dealkylation sites (tertiary alicyclic amines) is 1. The third-order valence-corrected chi connectivity index (χ3v) is 4.97. The molecule has 1 unspecified atom stereocenters. The van der Waals surface area contributed by atoms with Gasteiger partial charge in [0.05, 0.1) is 18.1 Å². The number of nitrogens with zero attached hydrogens (tertiary/aromatic N) is 4. The number of pyridine rings is 1. The van der Waals surface area contributed by atoms with E-state index in [2.05, 4.69) is 14.8 Å². The maximum absolute atomic E-state index is 12.6. The minimum Gasteiger partial charge on any atom is -0.444 e. The highest BCUT2D eigenvalue weighted by atomic mass is 16.6. The van der Waals surface area contributed by atoms with Gasteiger partial charge in [0.1, 0.15) is 11.4 Å². The van der Waals surface area contributed by atoms with Crippen LogP contribution in [0.3, 0.4) is 0 Å². The number of hydrogen-bond acceptors (Lipinski definition) is 6. The summed E-state index contributed by atoms with van der Waals surface area (Å²) in [5.74, 6) is 0.544. The molecule has 0 bridgehead atoms. The van der Waals surface area contributed by atoms with Crippen LogP contribution in [0.5, 0.6) is 0 Å². The molecule has 2 fully saturated rings. The molecule has 0 radical (unpaired) electrons.